The van der Waals surface area contributed by atoms with E-state index in [4.69, 9.17) is 5.73 Å². The van der Waals surface area contributed by atoms with E-state index in [-0.39, 0.29) is 0 Å². The van der Waals surface area contributed by atoms with Gasteiger partial charge in [0.1, 0.15) is 0 Å². The summed E-state index contributed by atoms with van der Waals surface area (Å²) in [6.07, 6.45) is 3.79. The first kappa shape index (κ1) is 15.1. The van der Waals surface area contributed by atoms with E-state index in [1.54, 1.807) is 0 Å². The Morgan fingerprint density at radius 1 is 1.24 bits per heavy atom. The summed E-state index contributed by atoms with van der Waals surface area (Å²) in [6, 6.07) is 6.25. The van der Waals surface area contributed by atoms with Gasteiger partial charge in [-0.3, -0.25) is 10.1 Å². The van der Waals surface area contributed by atoms with Crippen LogP contribution >= 0.6 is 0 Å². The lowest BCUT2D eigenvalue weighted by Crippen LogP contribution is -2.23. The molecule has 112 valence electrons. The van der Waals surface area contributed by atoms with Crippen molar-refractivity contribution in [3.63, 3.8) is 0 Å². The molecule has 2 rings (SSSR count). The Labute approximate surface area is 125 Å². The third kappa shape index (κ3) is 4.63. The lowest BCUT2D eigenvalue weighted by molar-refractivity contribution is 0.828. The number of rotatable bonds is 5. The van der Waals surface area contributed by atoms with Gasteiger partial charge in [0.25, 0.3) is 0 Å². The van der Waals surface area contributed by atoms with E-state index in [9.17, 15) is 0 Å². The molecule has 2 aromatic rings. The van der Waals surface area contributed by atoms with Gasteiger partial charge in [-0.25, -0.2) is 0 Å². The molecule has 0 spiro atoms. The number of guanidine groups is 1. The van der Waals surface area contributed by atoms with Gasteiger partial charge >= 0.3 is 0 Å². The van der Waals surface area contributed by atoms with Crippen molar-refractivity contribution in [3.05, 3.63) is 46.8 Å². The van der Waals surface area contributed by atoms with Gasteiger partial charge in [-0.05, 0) is 62.4 Å². The molecule has 1 aromatic carbocycles. The van der Waals surface area contributed by atoms with E-state index >= 15 is 0 Å². The Hall–Kier alpha value is -2.30. The van der Waals surface area contributed by atoms with E-state index in [1.165, 1.54) is 16.7 Å². The highest BCUT2D eigenvalue weighted by atomic mass is 15.1. The van der Waals surface area contributed by atoms with Crippen molar-refractivity contribution in [2.24, 2.45) is 10.7 Å². The zero-order valence-corrected chi connectivity index (χ0v) is 12.9. The normalized spacial score (nSPS) is 11.7. The number of aromatic nitrogens is 2. The van der Waals surface area contributed by atoms with Crippen LogP contribution in [0.4, 0.5) is 5.69 Å². The van der Waals surface area contributed by atoms with Crippen LogP contribution in [0.1, 0.15) is 28.8 Å². The van der Waals surface area contributed by atoms with Crippen LogP contribution < -0.4 is 11.1 Å². The topological polar surface area (TPSA) is 79.1 Å². The molecule has 0 aliphatic heterocycles. The van der Waals surface area contributed by atoms with Crippen LogP contribution in [0.25, 0.3) is 0 Å². The number of benzene rings is 1. The summed E-state index contributed by atoms with van der Waals surface area (Å²) >= 11 is 0. The average molecular weight is 285 g/mol. The zero-order chi connectivity index (χ0) is 15.2. The Morgan fingerprint density at radius 2 is 1.95 bits per heavy atom. The Balaban J connectivity index is 1.82. The molecule has 0 atom stereocenters. The summed E-state index contributed by atoms with van der Waals surface area (Å²) in [6.45, 7) is 6.87. The van der Waals surface area contributed by atoms with Gasteiger partial charge in [0.05, 0.1) is 6.20 Å². The van der Waals surface area contributed by atoms with Crippen LogP contribution in [0.15, 0.2) is 29.4 Å². The molecule has 0 amide bonds. The first-order chi connectivity index (χ1) is 10.0. The van der Waals surface area contributed by atoms with Crippen molar-refractivity contribution < 1.29 is 0 Å². The number of nitrogens with zero attached hydrogens (tertiary/aromatic N) is 2. The minimum Gasteiger partial charge on any atom is -0.370 e. The molecule has 0 radical (unpaired) electrons. The largest absolute Gasteiger partial charge is 0.370 e. The number of H-pyrrole nitrogens is 1. The van der Waals surface area contributed by atoms with E-state index in [1.807, 2.05) is 13.1 Å². The number of aryl methyl sites for hydroxylation is 4. The summed E-state index contributed by atoms with van der Waals surface area (Å²) in [7, 11) is 0. The highest BCUT2D eigenvalue weighted by Crippen LogP contribution is 2.13. The number of aromatic amines is 1. The summed E-state index contributed by atoms with van der Waals surface area (Å²) in [5, 5.41) is 10.1. The maximum atomic E-state index is 5.92. The molecular weight excluding hydrogens is 262 g/mol. The molecule has 0 unspecified atom stereocenters. The molecule has 5 heteroatoms. The standard InChI is InChI=1S/C16H23N5/c1-11-7-12(2)9-15(8-11)20-16(17)18-6-4-5-14-10-19-21-13(14)3/h7-10H,4-6H2,1-3H3,(H,19,21)(H3,17,18,20). The van der Waals surface area contributed by atoms with Crippen LogP contribution in [-0.2, 0) is 6.42 Å². The zero-order valence-electron chi connectivity index (χ0n) is 12.9. The lowest BCUT2D eigenvalue weighted by Gasteiger charge is -2.08. The molecular formula is C16H23N5. The maximum Gasteiger partial charge on any atom is 0.193 e. The van der Waals surface area contributed by atoms with Gasteiger partial charge in [-0.1, -0.05) is 6.07 Å². The van der Waals surface area contributed by atoms with E-state index < -0.39 is 0 Å². The van der Waals surface area contributed by atoms with Crippen molar-refractivity contribution in [1.29, 1.82) is 0 Å². The molecule has 1 heterocycles. The third-order valence-electron chi connectivity index (χ3n) is 3.31. The monoisotopic (exact) mass is 285 g/mol. The number of nitrogens with two attached hydrogens (primary N) is 1. The molecule has 0 saturated carbocycles. The van der Waals surface area contributed by atoms with Crippen molar-refractivity contribution in [1.82, 2.24) is 10.2 Å². The number of hydrogen-bond acceptors (Lipinski definition) is 2. The second-order valence-electron chi connectivity index (χ2n) is 5.39. The fourth-order valence-electron chi connectivity index (χ4n) is 2.33. The quantitative estimate of drug-likeness (QED) is 0.449. The summed E-state index contributed by atoms with van der Waals surface area (Å²) in [5.74, 6) is 0.462. The van der Waals surface area contributed by atoms with E-state index in [0.29, 0.717) is 12.5 Å². The minimum absolute atomic E-state index is 0.462. The first-order valence-electron chi connectivity index (χ1n) is 7.18. The smallest absolute Gasteiger partial charge is 0.193 e. The van der Waals surface area contributed by atoms with E-state index in [2.05, 4.69) is 52.6 Å². The Kier molecular flexibility index (Phi) is 4.98. The van der Waals surface area contributed by atoms with Crippen molar-refractivity contribution in [2.75, 3.05) is 11.9 Å². The second kappa shape index (κ2) is 6.92. The summed E-state index contributed by atoms with van der Waals surface area (Å²) in [5.41, 5.74) is 11.7. The first-order valence-corrected chi connectivity index (χ1v) is 7.18. The highest BCUT2D eigenvalue weighted by molar-refractivity contribution is 5.92. The number of aliphatic imine (C=N–C) groups is 1. The maximum absolute atomic E-state index is 5.92. The second-order valence-corrected chi connectivity index (χ2v) is 5.39. The Bertz CT molecular complexity index is 607. The van der Waals surface area contributed by atoms with Crippen LogP contribution in [0.2, 0.25) is 0 Å². The van der Waals surface area contributed by atoms with Gasteiger partial charge in [0, 0.05) is 17.9 Å². The fraction of sp³-hybridized carbons (Fsp3) is 0.375. The minimum atomic E-state index is 0.462. The SMILES string of the molecule is Cc1cc(C)cc(NC(N)=NCCCc2cn[nH]c2C)c1. The molecule has 1 aromatic heterocycles. The average Bonchev–Trinajstić information content (AvgIpc) is 2.79. The van der Waals surface area contributed by atoms with E-state index in [0.717, 1.165) is 24.2 Å². The number of hydrogen-bond donors (Lipinski definition) is 3. The van der Waals surface area contributed by atoms with Crippen molar-refractivity contribution in [2.45, 2.75) is 33.6 Å². The summed E-state index contributed by atoms with van der Waals surface area (Å²) in [4.78, 5) is 4.36. The molecule has 0 fully saturated rings. The molecule has 0 aliphatic carbocycles. The third-order valence-corrected chi connectivity index (χ3v) is 3.31. The van der Waals surface area contributed by atoms with Crippen molar-refractivity contribution in [3.8, 4) is 0 Å². The lowest BCUT2D eigenvalue weighted by atomic mass is 10.1. The van der Waals surface area contributed by atoms with Crippen molar-refractivity contribution >= 4 is 11.6 Å². The molecule has 4 N–H and O–H groups in total. The molecule has 0 bridgehead atoms. The van der Waals surface area contributed by atoms with Gasteiger partial charge in [-0.2, -0.15) is 5.10 Å². The molecule has 21 heavy (non-hydrogen) atoms. The van der Waals surface area contributed by atoms with Crippen LogP contribution in [0.5, 0.6) is 0 Å². The Morgan fingerprint density at radius 3 is 2.57 bits per heavy atom. The van der Waals surface area contributed by atoms with Gasteiger partial charge < -0.3 is 11.1 Å². The fourth-order valence-corrected chi connectivity index (χ4v) is 2.33. The number of anilines is 1. The predicted octanol–water partition coefficient (Wildman–Crippen LogP) is 2.69. The molecule has 0 aliphatic rings. The highest BCUT2D eigenvalue weighted by Gasteiger charge is 2.00. The number of nitrogens with one attached hydrogen (secondary N) is 2. The molecule has 5 nitrogen and oxygen atoms in total. The van der Waals surface area contributed by atoms with Crippen LogP contribution in [-0.4, -0.2) is 22.7 Å². The van der Waals surface area contributed by atoms with Gasteiger partial charge in [-0.15, -0.1) is 0 Å². The summed E-state index contributed by atoms with van der Waals surface area (Å²) < 4.78 is 0. The van der Waals surface area contributed by atoms with Crippen LogP contribution in [0.3, 0.4) is 0 Å². The van der Waals surface area contributed by atoms with Gasteiger partial charge in [0.15, 0.2) is 5.96 Å². The molecule has 0 saturated heterocycles. The van der Waals surface area contributed by atoms with Crippen LogP contribution in [0, 0.1) is 20.8 Å². The van der Waals surface area contributed by atoms with Gasteiger partial charge in [0.2, 0.25) is 0 Å². The predicted molar refractivity (Wildman–Crippen MR) is 87.7 cm³/mol.